The number of hydrogen-bond acceptors (Lipinski definition) is 4. The lowest BCUT2D eigenvalue weighted by Crippen LogP contribution is -2.57. The minimum atomic E-state index is -1.20. The predicted octanol–water partition coefficient (Wildman–Crippen LogP) is 3.60. The van der Waals surface area contributed by atoms with E-state index in [4.69, 9.17) is 4.74 Å². The van der Waals surface area contributed by atoms with Crippen LogP contribution in [-0.4, -0.2) is 53.5 Å². The molecule has 6 nitrogen and oxygen atoms in total. The molecule has 1 aromatic heterocycles. The number of nitrogens with one attached hydrogen (secondary N) is 1. The molecule has 7 heteroatoms. The van der Waals surface area contributed by atoms with Crippen LogP contribution >= 0.6 is 0 Å². The van der Waals surface area contributed by atoms with Crippen molar-refractivity contribution in [2.45, 2.75) is 25.8 Å². The number of rotatable bonds is 5. The smallest absolute Gasteiger partial charge is 0.255 e. The van der Waals surface area contributed by atoms with Crippen molar-refractivity contribution in [3.8, 4) is 0 Å². The van der Waals surface area contributed by atoms with Gasteiger partial charge in [0, 0.05) is 30.6 Å². The summed E-state index contributed by atoms with van der Waals surface area (Å²) in [5, 5.41) is 3.78. The van der Waals surface area contributed by atoms with Gasteiger partial charge in [0.15, 0.2) is 0 Å². The van der Waals surface area contributed by atoms with Crippen LogP contribution in [0.1, 0.15) is 29.8 Å². The molecule has 33 heavy (non-hydrogen) atoms. The molecule has 1 fully saturated rings. The number of ether oxygens (including phenoxy) is 1. The molecule has 0 bridgehead atoms. The average Bonchev–Trinajstić information content (AvgIpc) is 3.04. The molecule has 0 spiro atoms. The molecule has 3 aromatic rings. The number of amides is 2. The van der Waals surface area contributed by atoms with Gasteiger partial charge in [-0.1, -0.05) is 36.4 Å². The van der Waals surface area contributed by atoms with E-state index >= 15 is 0 Å². The van der Waals surface area contributed by atoms with Crippen molar-refractivity contribution in [3.63, 3.8) is 0 Å². The van der Waals surface area contributed by atoms with Gasteiger partial charge in [-0.2, -0.15) is 0 Å². The monoisotopic (exact) mass is 449 g/mol. The molecule has 1 aliphatic rings. The normalized spacial score (nSPS) is 16.9. The van der Waals surface area contributed by atoms with E-state index in [0.29, 0.717) is 26.3 Å². The minimum Gasteiger partial charge on any atom is -0.379 e. The van der Waals surface area contributed by atoms with E-state index in [1.54, 1.807) is 31.0 Å². The molecule has 2 aromatic carbocycles. The van der Waals surface area contributed by atoms with Crippen LogP contribution in [0.3, 0.4) is 0 Å². The van der Waals surface area contributed by atoms with Crippen LogP contribution in [0, 0.1) is 11.7 Å². The summed E-state index contributed by atoms with van der Waals surface area (Å²) in [6.07, 6.45) is 2.51. The van der Waals surface area contributed by atoms with Crippen molar-refractivity contribution in [3.05, 3.63) is 77.7 Å². The number of carbonyl (C=O) groups is 2. The van der Waals surface area contributed by atoms with E-state index in [9.17, 15) is 14.0 Å². The van der Waals surface area contributed by atoms with Gasteiger partial charge < -0.3 is 15.0 Å². The van der Waals surface area contributed by atoms with Crippen LogP contribution in [0.15, 0.2) is 60.8 Å². The van der Waals surface area contributed by atoms with E-state index in [2.05, 4.69) is 16.4 Å². The number of halogens is 1. The summed E-state index contributed by atoms with van der Waals surface area (Å²) in [5.74, 6) is -1.37. The molecule has 1 atom stereocenters. The maximum atomic E-state index is 14.0. The number of nitrogens with zero attached hydrogens (tertiary/aromatic N) is 2. The first-order valence-electron chi connectivity index (χ1n) is 11.1. The van der Waals surface area contributed by atoms with Crippen LogP contribution < -0.4 is 5.32 Å². The fourth-order valence-electron chi connectivity index (χ4n) is 4.28. The van der Waals surface area contributed by atoms with Crippen LogP contribution in [0.2, 0.25) is 0 Å². The van der Waals surface area contributed by atoms with Crippen LogP contribution in [0.25, 0.3) is 10.9 Å². The third kappa shape index (κ3) is 5.20. The Morgan fingerprint density at radius 1 is 1.15 bits per heavy atom. The van der Waals surface area contributed by atoms with Gasteiger partial charge in [-0.15, -0.1) is 0 Å². The Kier molecular flexibility index (Phi) is 6.70. The Balaban J connectivity index is 1.47. The summed E-state index contributed by atoms with van der Waals surface area (Å²) in [6, 6.07) is 15.8. The maximum Gasteiger partial charge on any atom is 0.255 e. The lowest BCUT2D eigenvalue weighted by molar-refractivity contribution is -0.137. The molecule has 1 unspecified atom stereocenters. The number of hydrogen-bond donors (Lipinski definition) is 1. The zero-order valence-electron chi connectivity index (χ0n) is 18.9. The van der Waals surface area contributed by atoms with Crippen molar-refractivity contribution >= 4 is 22.7 Å². The van der Waals surface area contributed by atoms with Crippen molar-refractivity contribution in [1.29, 1.82) is 0 Å². The fraction of sp³-hybridized carbons (Fsp3) is 0.346. The number of fused-ring (bicyclic) bond motifs is 1. The summed E-state index contributed by atoms with van der Waals surface area (Å²) in [7, 11) is 0. The third-order valence-electron chi connectivity index (χ3n) is 5.93. The molecule has 1 aliphatic heterocycles. The van der Waals surface area contributed by atoms with Crippen LogP contribution in [0.5, 0.6) is 0 Å². The SMILES string of the molecule is CC(C)(NC(=O)c1ccccc1F)C(=O)N1CCOCC(Cc2cccc3cccnc23)C1. The second-order valence-electron chi connectivity index (χ2n) is 8.95. The molecule has 1 saturated heterocycles. The third-order valence-corrected chi connectivity index (χ3v) is 5.93. The minimum absolute atomic E-state index is 0.0843. The molecular formula is C26H28FN3O3. The highest BCUT2D eigenvalue weighted by atomic mass is 19.1. The van der Waals surface area contributed by atoms with Gasteiger partial charge in [0.1, 0.15) is 11.4 Å². The first kappa shape index (κ1) is 22.9. The Morgan fingerprint density at radius 3 is 2.76 bits per heavy atom. The number of benzene rings is 2. The number of carbonyl (C=O) groups excluding carboxylic acids is 2. The average molecular weight is 450 g/mol. The van der Waals surface area contributed by atoms with Crippen molar-refractivity contribution in [1.82, 2.24) is 15.2 Å². The van der Waals surface area contributed by atoms with Crippen LogP contribution in [0.4, 0.5) is 4.39 Å². The Morgan fingerprint density at radius 2 is 1.94 bits per heavy atom. The molecule has 0 aliphatic carbocycles. The zero-order valence-corrected chi connectivity index (χ0v) is 18.9. The first-order chi connectivity index (χ1) is 15.8. The van der Waals surface area contributed by atoms with Gasteiger partial charge >= 0.3 is 0 Å². The van der Waals surface area contributed by atoms with E-state index in [1.165, 1.54) is 18.2 Å². The Labute approximate surface area is 192 Å². The van der Waals surface area contributed by atoms with Gasteiger partial charge in [-0.3, -0.25) is 14.6 Å². The number of pyridine rings is 1. The molecule has 172 valence electrons. The van der Waals surface area contributed by atoms with Crippen LogP contribution in [-0.2, 0) is 16.0 Å². The molecule has 0 saturated carbocycles. The van der Waals surface area contributed by atoms with Crippen molar-refractivity contribution in [2.24, 2.45) is 5.92 Å². The summed E-state index contributed by atoms with van der Waals surface area (Å²) in [5.41, 5.74) is 0.788. The highest BCUT2D eigenvalue weighted by Crippen LogP contribution is 2.22. The molecule has 4 rings (SSSR count). The summed E-state index contributed by atoms with van der Waals surface area (Å²) in [6.45, 7) is 5.18. The van der Waals surface area contributed by atoms with E-state index in [-0.39, 0.29) is 17.4 Å². The first-order valence-corrected chi connectivity index (χ1v) is 11.1. The molecular weight excluding hydrogens is 421 g/mol. The summed E-state index contributed by atoms with van der Waals surface area (Å²) < 4.78 is 19.8. The van der Waals surface area contributed by atoms with Gasteiger partial charge in [0.05, 0.1) is 24.3 Å². The second-order valence-corrected chi connectivity index (χ2v) is 8.95. The predicted molar refractivity (Wildman–Crippen MR) is 124 cm³/mol. The lowest BCUT2D eigenvalue weighted by Gasteiger charge is -2.33. The largest absolute Gasteiger partial charge is 0.379 e. The molecule has 1 N–H and O–H groups in total. The van der Waals surface area contributed by atoms with Gasteiger partial charge in [-0.05, 0) is 44.0 Å². The summed E-state index contributed by atoms with van der Waals surface area (Å²) in [4.78, 5) is 32.3. The number of para-hydroxylation sites is 1. The highest BCUT2D eigenvalue weighted by molar-refractivity contribution is 5.99. The van der Waals surface area contributed by atoms with E-state index in [1.807, 2.05) is 24.3 Å². The van der Waals surface area contributed by atoms with Crippen molar-refractivity contribution < 1.29 is 18.7 Å². The molecule has 2 heterocycles. The Bertz CT molecular complexity index is 1160. The van der Waals surface area contributed by atoms with E-state index in [0.717, 1.165) is 22.9 Å². The van der Waals surface area contributed by atoms with Crippen molar-refractivity contribution in [2.75, 3.05) is 26.3 Å². The summed E-state index contributed by atoms with van der Waals surface area (Å²) >= 11 is 0. The van der Waals surface area contributed by atoms with E-state index < -0.39 is 17.3 Å². The molecule has 0 radical (unpaired) electrons. The van der Waals surface area contributed by atoms with Gasteiger partial charge in [0.25, 0.3) is 5.91 Å². The lowest BCUT2D eigenvalue weighted by atomic mass is 9.96. The molecule has 2 amide bonds. The Hall–Kier alpha value is -3.32. The highest BCUT2D eigenvalue weighted by Gasteiger charge is 2.36. The second kappa shape index (κ2) is 9.67. The topological polar surface area (TPSA) is 71.5 Å². The fourth-order valence-corrected chi connectivity index (χ4v) is 4.28. The quantitative estimate of drug-likeness (QED) is 0.646. The number of aromatic nitrogens is 1. The zero-order chi connectivity index (χ0) is 23.4. The standard InChI is InChI=1S/C26H28FN3O3/c1-26(2,29-24(31)21-10-3-4-11-22(21)27)25(32)30-13-14-33-17-18(16-30)15-20-8-5-7-19-9-6-12-28-23(19)20/h3-12,18H,13-17H2,1-2H3,(H,29,31). The maximum absolute atomic E-state index is 14.0. The van der Waals surface area contributed by atoms with Gasteiger partial charge in [-0.25, -0.2) is 4.39 Å². The van der Waals surface area contributed by atoms with Gasteiger partial charge in [0.2, 0.25) is 5.91 Å².